The lowest BCUT2D eigenvalue weighted by molar-refractivity contribution is -0.115. The van der Waals surface area contributed by atoms with Gasteiger partial charge in [0.2, 0.25) is 11.9 Å². The minimum atomic E-state index is -0.333. The Kier molecular flexibility index (Phi) is 10.8. The number of aromatic nitrogens is 2. The number of hydrogen-bond donors (Lipinski definition) is 4. The van der Waals surface area contributed by atoms with E-state index in [1.807, 2.05) is 6.07 Å². The van der Waals surface area contributed by atoms with Gasteiger partial charge in [-0.1, -0.05) is 30.9 Å². The van der Waals surface area contributed by atoms with Crippen LogP contribution in [0.5, 0.6) is 5.75 Å². The second-order valence-corrected chi connectivity index (χ2v) is 9.98. The zero-order valence-corrected chi connectivity index (χ0v) is 22.6. The fraction of sp³-hybridized carbons (Fsp3) is 0.538. The van der Waals surface area contributed by atoms with Gasteiger partial charge < -0.3 is 31.3 Å². The van der Waals surface area contributed by atoms with E-state index in [4.69, 9.17) is 16.3 Å². The average molecular weight is 532 g/mol. The first-order chi connectivity index (χ1) is 17.7. The Morgan fingerprint density at radius 3 is 2.43 bits per heavy atom. The van der Waals surface area contributed by atoms with Crippen LogP contribution in [0.4, 0.5) is 17.5 Å². The molecule has 11 heteroatoms. The molecule has 1 saturated carbocycles. The molecule has 37 heavy (non-hydrogen) atoms. The number of methoxy groups -OCH3 is 1. The summed E-state index contributed by atoms with van der Waals surface area (Å²) in [4.78, 5) is 33.1. The summed E-state index contributed by atoms with van der Waals surface area (Å²) < 4.78 is 5.54. The fourth-order valence-electron chi connectivity index (χ4n) is 4.45. The molecule has 1 aliphatic carbocycles. The van der Waals surface area contributed by atoms with Gasteiger partial charge in [-0.3, -0.25) is 9.59 Å². The molecule has 0 atom stereocenters. The van der Waals surface area contributed by atoms with Crippen molar-refractivity contribution >= 4 is 40.9 Å². The molecule has 2 aliphatic rings. The van der Waals surface area contributed by atoms with Crippen LogP contribution >= 0.6 is 11.6 Å². The quantitative estimate of drug-likeness (QED) is 0.422. The first kappa shape index (κ1) is 28.5. The van der Waals surface area contributed by atoms with Gasteiger partial charge in [0.25, 0.3) is 5.91 Å². The Morgan fingerprint density at radius 2 is 1.78 bits per heavy atom. The lowest BCUT2D eigenvalue weighted by Gasteiger charge is -2.29. The maximum absolute atomic E-state index is 12.8. The molecular formula is C26H38ClN7O3. The van der Waals surface area contributed by atoms with E-state index in [1.165, 1.54) is 26.2 Å². The predicted molar refractivity (Wildman–Crippen MR) is 147 cm³/mol. The third kappa shape index (κ3) is 9.05. The molecule has 2 heterocycles. The van der Waals surface area contributed by atoms with Crippen molar-refractivity contribution < 1.29 is 14.3 Å². The minimum Gasteiger partial charge on any atom is -0.495 e. The van der Waals surface area contributed by atoms with Gasteiger partial charge in [-0.05, 0) is 64.0 Å². The topological polar surface area (TPSA) is 134 Å². The summed E-state index contributed by atoms with van der Waals surface area (Å²) in [7, 11) is 3.69. The molecule has 4 rings (SSSR count). The summed E-state index contributed by atoms with van der Waals surface area (Å²) in [5, 5.41) is 10.3. The number of anilines is 3. The van der Waals surface area contributed by atoms with Gasteiger partial charge >= 0.3 is 0 Å². The van der Waals surface area contributed by atoms with Crippen molar-refractivity contribution in [1.82, 2.24) is 20.2 Å². The number of halogens is 1. The summed E-state index contributed by atoms with van der Waals surface area (Å²) >= 11 is 6.33. The zero-order chi connectivity index (χ0) is 26.8. The second-order valence-electron chi connectivity index (χ2n) is 9.57. The largest absolute Gasteiger partial charge is 0.495 e. The van der Waals surface area contributed by atoms with Crippen LogP contribution in [-0.4, -0.2) is 66.0 Å². The Morgan fingerprint density at radius 1 is 1.11 bits per heavy atom. The van der Waals surface area contributed by atoms with Crippen LogP contribution in [0.25, 0.3) is 0 Å². The SMILES string of the molecule is CC(N)=O.COc1cc(C(=O)NC2CCN(C)CC2)ccc1Nc1ncc(Cl)c(NC2CCCCC2)n1. The van der Waals surface area contributed by atoms with E-state index in [2.05, 4.69) is 43.6 Å². The Labute approximate surface area is 223 Å². The summed E-state index contributed by atoms with van der Waals surface area (Å²) in [6.45, 7) is 3.30. The number of rotatable bonds is 7. The van der Waals surface area contributed by atoms with Gasteiger partial charge in [0.1, 0.15) is 10.8 Å². The van der Waals surface area contributed by atoms with Crippen molar-refractivity contribution in [3.8, 4) is 5.75 Å². The molecule has 1 aliphatic heterocycles. The standard InChI is InChI=1S/C24H33ClN6O2.C2H5NO/c1-31-12-10-18(11-13-31)28-23(32)16-8-9-20(21(14-16)33-2)29-24-26-15-19(25)22(30-24)27-17-6-4-3-5-7-17;1-2(3)4/h8-9,14-15,17-18H,3-7,10-13H2,1-2H3,(H,28,32)(H2,26,27,29,30);1H3,(H2,3,4). The second kappa shape index (κ2) is 14.0. The molecule has 10 nitrogen and oxygen atoms in total. The van der Waals surface area contributed by atoms with E-state index in [0.29, 0.717) is 39.8 Å². The lowest BCUT2D eigenvalue weighted by atomic mass is 9.95. The number of primary amides is 1. The number of likely N-dealkylation sites (tertiary alicyclic amines) is 1. The number of piperidine rings is 1. The van der Waals surface area contributed by atoms with Gasteiger partial charge in [-0.25, -0.2) is 4.98 Å². The highest BCUT2D eigenvalue weighted by Crippen LogP contribution is 2.30. The van der Waals surface area contributed by atoms with Crippen molar-refractivity contribution in [1.29, 1.82) is 0 Å². The number of carbonyl (C=O) groups is 2. The fourth-order valence-corrected chi connectivity index (χ4v) is 4.59. The monoisotopic (exact) mass is 531 g/mol. The molecule has 1 aromatic heterocycles. The summed E-state index contributed by atoms with van der Waals surface area (Å²) in [6, 6.07) is 5.93. The molecule has 5 N–H and O–H groups in total. The van der Waals surface area contributed by atoms with Gasteiger partial charge in [0.05, 0.1) is 19.0 Å². The van der Waals surface area contributed by atoms with E-state index < -0.39 is 0 Å². The third-order valence-corrected chi connectivity index (χ3v) is 6.73. The highest BCUT2D eigenvalue weighted by atomic mass is 35.5. The number of nitrogens with two attached hydrogens (primary N) is 1. The van der Waals surface area contributed by atoms with E-state index in [-0.39, 0.29) is 17.9 Å². The summed E-state index contributed by atoms with van der Waals surface area (Å²) in [5.74, 6) is 1.18. The van der Waals surface area contributed by atoms with E-state index in [9.17, 15) is 9.59 Å². The van der Waals surface area contributed by atoms with Gasteiger partial charge in [0, 0.05) is 24.6 Å². The van der Waals surface area contributed by atoms with E-state index >= 15 is 0 Å². The number of nitrogens with one attached hydrogen (secondary N) is 3. The van der Waals surface area contributed by atoms with Crippen LogP contribution in [0, 0.1) is 0 Å². The smallest absolute Gasteiger partial charge is 0.251 e. The molecule has 202 valence electrons. The van der Waals surface area contributed by atoms with Crippen LogP contribution in [0.3, 0.4) is 0 Å². The van der Waals surface area contributed by atoms with Crippen LogP contribution in [0.2, 0.25) is 5.02 Å². The summed E-state index contributed by atoms with van der Waals surface area (Å²) in [6.07, 6.45) is 9.50. The normalized spacial score (nSPS) is 16.8. The number of carbonyl (C=O) groups excluding carboxylic acids is 2. The molecule has 1 saturated heterocycles. The maximum Gasteiger partial charge on any atom is 0.251 e. The Balaban J connectivity index is 0.000000886. The van der Waals surface area contributed by atoms with Crippen LogP contribution < -0.4 is 26.4 Å². The first-order valence-corrected chi connectivity index (χ1v) is 13.1. The van der Waals surface area contributed by atoms with Crippen molar-refractivity contribution in [2.24, 2.45) is 5.73 Å². The first-order valence-electron chi connectivity index (χ1n) is 12.7. The number of amides is 2. The molecule has 1 aromatic carbocycles. The summed E-state index contributed by atoms with van der Waals surface area (Å²) in [5.41, 5.74) is 5.72. The number of nitrogens with zero attached hydrogens (tertiary/aromatic N) is 3. The molecule has 0 unspecified atom stereocenters. The third-order valence-electron chi connectivity index (χ3n) is 6.45. The molecule has 0 bridgehead atoms. The van der Waals surface area contributed by atoms with Gasteiger partial charge in [0.15, 0.2) is 5.82 Å². The molecule has 2 fully saturated rings. The van der Waals surface area contributed by atoms with E-state index in [0.717, 1.165) is 38.8 Å². The Bertz CT molecular complexity index is 1050. The van der Waals surface area contributed by atoms with Crippen molar-refractivity contribution in [2.45, 2.75) is 64.0 Å². The van der Waals surface area contributed by atoms with Gasteiger partial charge in [-0.2, -0.15) is 4.98 Å². The van der Waals surface area contributed by atoms with E-state index in [1.54, 1.807) is 25.4 Å². The molecule has 0 spiro atoms. The minimum absolute atomic E-state index is 0.0869. The number of benzene rings is 1. The zero-order valence-electron chi connectivity index (χ0n) is 21.8. The van der Waals surface area contributed by atoms with Gasteiger partial charge in [-0.15, -0.1) is 0 Å². The average Bonchev–Trinajstić information content (AvgIpc) is 2.88. The number of ether oxygens (including phenoxy) is 1. The molecular weight excluding hydrogens is 494 g/mol. The Hall–Kier alpha value is -3.11. The van der Waals surface area contributed by atoms with Crippen LogP contribution in [0.15, 0.2) is 24.4 Å². The maximum atomic E-state index is 12.8. The molecule has 2 amide bonds. The van der Waals surface area contributed by atoms with Crippen LogP contribution in [0.1, 0.15) is 62.2 Å². The molecule has 0 radical (unpaired) electrons. The van der Waals surface area contributed by atoms with Crippen molar-refractivity contribution in [2.75, 3.05) is 37.9 Å². The highest BCUT2D eigenvalue weighted by Gasteiger charge is 2.20. The highest BCUT2D eigenvalue weighted by molar-refractivity contribution is 6.32. The van der Waals surface area contributed by atoms with Crippen molar-refractivity contribution in [3.05, 3.63) is 35.0 Å². The van der Waals surface area contributed by atoms with Crippen LogP contribution in [-0.2, 0) is 4.79 Å². The number of hydrogen-bond acceptors (Lipinski definition) is 8. The lowest BCUT2D eigenvalue weighted by Crippen LogP contribution is -2.43. The van der Waals surface area contributed by atoms with Crippen molar-refractivity contribution in [3.63, 3.8) is 0 Å². The predicted octanol–water partition coefficient (Wildman–Crippen LogP) is 3.94. The molecule has 2 aromatic rings.